The van der Waals surface area contributed by atoms with Crippen molar-refractivity contribution in [2.24, 2.45) is 0 Å². The van der Waals surface area contributed by atoms with Crippen molar-refractivity contribution in [2.75, 3.05) is 0 Å². The molecule has 0 fully saturated rings. The Morgan fingerprint density at radius 3 is 2.85 bits per heavy atom. The monoisotopic (exact) mass is 300 g/mol. The van der Waals surface area contributed by atoms with Crippen LogP contribution in [-0.2, 0) is 5.75 Å². The van der Waals surface area contributed by atoms with Crippen molar-refractivity contribution in [1.29, 1.82) is 0 Å². The molecule has 3 rings (SSSR count). The number of thioether (sulfide) groups is 1. The van der Waals surface area contributed by atoms with Crippen LogP contribution >= 0.6 is 23.1 Å². The second-order valence-electron chi connectivity index (χ2n) is 4.95. The van der Waals surface area contributed by atoms with E-state index >= 15 is 0 Å². The van der Waals surface area contributed by atoms with Gasteiger partial charge in [-0.15, -0.1) is 23.1 Å². The molecule has 4 heteroatoms. The topological polar surface area (TPSA) is 25.8 Å². The summed E-state index contributed by atoms with van der Waals surface area (Å²) in [5.41, 5.74) is 2.23. The van der Waals surface area contributed by atoms with Gasteiger partial charge in [0.1, 0.15) is 0 Å². The number of fused-ring (bicyclic) bond motifs is 1. The molecule has 0 aliphatic carbocycles. The first-order valence-corrected chi connectivity index (χ1v) is 8.51. The summed E-state index contributed by atoms with van der Waals surface area (Å²) in [5.74, 6) is 1.43. The molecular weight excluding hydrogens is 284 g/mol. The largest absolute Gasteiger partial charge is 0.256 e. The highest BCUT2D eigenvalue weighted by Crippen LogP contribution is 2.30. The Kier molecular flexibility index (Phi) is 4.03. The quantitative estimate of drug-likeness (QED) is 0.626. The van der Waals surface area contributed by atoms with Crippen LogP contribution in [0.25, 0.3) is 10.9 Å². The van der Waals surface area contributed by atoms with Crippen molar-refractivity contribution in [3.63, 3.8) is 0 Å². The summed E-state index contributed by atoms with van der Waals surface area (Å²) in [5, 5.41) is 4.62. The van der Waals surface area contributed by atoms with Crippen molar-refractivity contribution in [2.45, 2.75) is 30.4 Å². The second-order valence-corrected chi connectivity index (χ2v) is 6.85. The zero-order valence-electron chi connectivity index (χ0n) is 11.5. The number of nitrogens with zero attached hydrogens (tertiary/aromatic N) is 2. The Morgan fingerprint density at radius 1 is 1.20 bits per heavy atom. The molecule has 0 spiro atoms. The van der Waals surface area contributed by atoms with E-state index in [-0.39, 0.29) is 0 Å². The summed E-state index contributed by atoms with van der Waals surface area (Å²) in [7, 11) is 0. The molecule has 0 bridgehead atoms. The highest BCUT2D eigenvalue weighted by atomic mass is 32.2. The van der Waals surface area contributed by atoms with Gasteiger partial charge in [-0.3, -0.25) is 4.98 Å². The zero-order valence-corrected chi connectivity index (χ0v) is 13.2. The Bertz CT molecular complexity index is 714. The van der Waals surface area contributed by atoms with Crippen molar-refractivity contribution >= 4 is 34.0 Å². The Morgan fingerprint density at radius 2 is 2.05 bits per heavy atom. The minimum atomic E-state index is 0.514. The lowest BCUT2D eigenvalue weighted by Crippen LogP contribution is -1.88. The van der Waals surface area contributed by atoms with E-state index in [2.05, 4.69) is 53.5 Å². The van der Waals surface area contributed by atoms with Crippen molar-refractivity contribution in [3.8, 4) is 0 Å². The number of aromatic nitrogens is 2. The minimum absolute atomic E-state index is 0.514. The molecule has 0 atom stereocenters. The smallest absolute Gasteiger partial charge is 0.0954 e. The predicted octanol–water partition coefficient (Wildman–Crippen LogP) is 5.11. The van der Waals surface area contributed by atoms with Crippen LogP contribution in [-0.4, -0.2) is 9.97 Å². The summed E-state index contributed by atoms with van der Waals surface area (Å²) >= 11 is 3.59. The number of pyridine rings is 1. The Labute approximate surface area is 127 Å². The maximum Gasteiger partial charge on any atom is 0.0954 e. The third kappa shape index (κ3) is 2.86. The van der Waals surface area contributed by atoms with Crippen LogP contribution in [0.2, 0.25) is 0 Å². The van der Waals surface area contributed by atoms with E-state index in [1.165, 1.54) is 21.0 Å². The molecular formula is C16H16N2S2. The van der Waals surface area contributed by atoms with Crippen molar-refractivity contribution < 1.29 is 0 Å². The maximum absolute atomic E-state index is 4.69. The average Bonchev–Trinajstić information content (AvgIpc) is 2.94. The van der Waals surface area contributed by atoms with Gasteiger partial charge >= 0.3 is 0 Å². The highest BCUT2D eigenvalue weighted by Gasteiger charge is 2.07. The van der Waals surface area contributed by atoms with Gasteiger partial charge in [0.05, 0.1) is 16.2 Å². The van der Waals surface area contributed by atoms with Gasteiger partial charge in [0.2, 0.25) is 0 Å². The first-order chi connectivity index (χ1) is 9.74. The first-order valence-electron chi connectivity index (χ1n) is 6.65. The Hall–Kier alpha value is -1.39. The number of benzene rings is 1. The van der Waals surface area contributed by atoms with Crippen molar-refractivity contribution in [1.82, 2.24) is 9.97 Å². The maximum atomic E-state index is 4.69. The van der Waals surface area contributed by atoms with Gasteiger partial charge in [-0.2, -0.15) is 0 Å². The first kappa shape index (κ1) is 13.6. The third-order valence-electron chi connectivity index (χ3n) is 3.05. The summed E-state index contributed by atoms with van der Waals surface area (Å²) in [4.78, 5) is 10.4. The molecule has 102 valence electrons. The number of hydrogen-bond donors (Lipinski definition) is 0. The van der Waals surface area contributed by atoms with Crippen molar-refractivity contribution in [3.05, 3.63) is 52.6 Å². The SMILES string of the molecule is CC(C)c1nc(CSc2ccnc3ccccc23)cs1. The van der Waals surface area contributed by atoms with Crippen LogP contribution in [0, 0.1) is 0 Å². The molecule has 0 unspecified atom stereocenters. The molecule has 0 radical (unpaired) electrons. The molecule has 0 N–H and O–H groups in total. The number of rotatable bonds is 4. The number of hydrogen-bond acceptors (Lipinski definition) is 4. The predicted molar refractivity (Wildman–Crippen MR) is 87.5 cm³/mol. The van der Waals surface area contributed by atoms with Gasteiger partial charge < -0.3 is 0 Å². The summed E-state index contributed by atoms with van der Waals surface area (Å²) in [6.07, 6.45) is 1.88. The number of para-hydroxylation sites is 1. The van der Waals surface area contributed by atoms with Crippen LogP contribution in [0.3, 0.4) is 0 Å². The van der Waals surface area contributed by atoms with E-state index in [0.29, 0.717) is 5.92 Å². The fourth-order valence-electron chi connectivity index (χ4n) is 2.00. The highest BCUT2D eigenvalue weighted by molar-refractivity contribution is 7.98. The van der Waals surface area contributed by atoms with Gasteiger partial charge in [-0.05, 0) is 12.1 Å². The van der Waals surface area contributed by atoms with E-state index in [9.17, 15) is 0 Å². The van der Waals surface area contributed by atoms with E-state index in [1.807, 2.05) is 24.0 Å². The molecule has 20 heavy (non-hydrogen) atoms. The normalized spacial score (nSPS) is 11.3. The fraction of sp³-hybridized carbons (Fsp3) is 0.250. The summed E-state index contributed by atoms with van der Waals surface area (Å²) in [6, 6.07) is 10.4. The molecule has 2 nitrogen and oxygen atoms in total. The number of thiazole rings is 1. The molecule has 0 aliphatic rings. The van der Waals surface area contributed by atoms with Gasteiger partial charge in [0, 0.05) is 33.5 Å². The molecule has 2 aromatic heterocycles. The second kappa shape index (κ2) is 5.94. The fourth-order valence-corrected chi connectivity index (χ4v) is 3.88. The minimum Gasteiger partial charge on any atom is -0.256 e. The third-order valence-corrected chi connectivity index (χ3v) is 5.35. The van der Waals surface area contributed by atoms with E-state index in [4.69, 9.17) is 0 Å². The lowest BCUT2D eigenvalue weighted by atomic mass is 10.2. The van der Waals surface area contributed by atoms with Gasteiger partial charge in [-0.25, -0.2) is 4.98 Å². The average molecular weight is 300 g/mol. The zero-order chi connectivity index (χ0) is 13.9. The van der Waals surface area contributed by atoms with Crippen LogP contribution in [0.1, 0.15) is 30.5 Å². The van der Waals surface area contributed by atoms with Crippen LogP contribution < -0.4 is 0 Å². The molecule has 0 saturated carbocycles. The van der Waals surface area contributed by atoms with Crippen LogP contribution in [0.15, 0.2) is 46.8 Å². The molecule has 3 aromatic rings. The lowest BCUT2D eigenvalue weighted by molar-refractivity contribution is 0.846. The molecule has 2 heterocycles. The molecule has 0 saturated heterocycles. The van der Waals surface area contributed by atoms with Crippen LogP contribution in [0.5, 0.6) is 0 Å². The van der Waals surface area contributed by atoms with E-state index in [0.717, 1.165) is 11.3 Å². The van der Waals surface area contributed by atoms with Gasteiger partial charge in [0.25, 0.3) is 0 Å². The lowest BCUT2D eigenvalue weighted by Gasteiger charge is -2.04. The summed E-state index contributed by atoms with van der Waals surface area (Å²) in [6.45, 7) is 4.37. The van der Waals surface area contributed by atoms with Gasteiger partial charge in [-0.1, -0.05) is 32.0 Å². The van der Waals surface area contributed by atoms with E-state index < -0.39 is 0 Å². The molecule has 0 amide bonds. The summed E-state index contributed by atoms with van der Waals surface area (Å²) < 4.78 is 0. The van der Waals surface area contributed by atoms with Crippen LogP contribution in [0.4, 0.5) is 0 Å². The van der Waals surface area contributed by atoms with E-state index in [1.54, 1.807) is 11.3 Å². The molecule has 0 aliphatic heterocycles. The standard InChI is InChI=1S/C16H16N2S2/c1-11(2)16-18-12(10-20-16)9-19-15-7-8-17-14-6-4-3-5-13(14)15/h3-8,10-11H,9H2,1-2H3. The van der Waals surface area contributed by atoms with Gasteiger partial charge in [0.15, 0.2) is 0 Å². The molecule has 1 aromatic carbocycles. The Balaban J connectivity index is 1.79.